The van der Waals surface area contributed by atoms with Gasteiger partial charge in [-0.1, -0.05) is 0 Å². The standard InChI is InChI=1S/C17H17N5O2S/c1-4-24-17(23)14-9-11-13(22(2)3)6-5-12(16(11)25-14)20-21-15-7-8-18-10-19-15/h5-10H,4H2,1-3H3/b21-20+. The number of rotatable bonds is 5. The molecule has 0 aliphatic carbocycles. The van der Waals surface area contributed by atoms with Gasteiger partial charge in [-0.3, -0.25) is 0 Å². The summed E-state index contributed by atoms with van der Waals surface area (Å²) >= 11 is 1.35. The molecule has 0 fully saturated rings. The molecule has 25 heavy (non-hydrogen) atoms. The third-order valence-electron chi connectivity index (χ3n) is 3.42. The molecule has 0 bridgehead atoms. The van der Waals surface area contributed by atoms with Crippen molar-refractivity contribution >= 4 is 44.6 Å². The van der Waals surface area contributed by atoms with Gasteiger partial charge in [0.25, 0.3) is 0 Å². The molecule has 0 aliphatic heterocycles. The third-order valence-corrected chi connectivity index (χ3v) is 4.56. The van der Waals surface area contributed by atoms with E-state index in [0.29, 0.717) is 23.0 Å². The molecule has 0 amide bonds. The Kier molecular flexibility index (Phi) is 4.99. The zero-order valence-corrected chi connectivity index (χ0v) is 14.9. The van der Waals surface area contributed by atoms with Gasteiger partial charge in [0.15, 0.2) is 5.82 Å². The Morgan fingerprint density at radius 1 is 1.28 bits per heavy atom. The fraction of sp³-hybridized carbons (Fsp3) is 0.235. The average Bonchev–Trinajstić information content (AvgIpc) is 3.06. The molecule has 1 aromatic carbocycles. The summed E-state index contributed by atoms with van der Waals surface area (Å²) in [7, 11) is 3.91. The summed E-state index contributed by atoms with van der Waals surface area (Å²) in [5.74, 6) is 0.147. The SMILES string of the molecule is CCOC(=O)c1cc2c(N(C)C)ccc(/N=N/c3ccncn3)c2s1. The van der Waals surface area contributed by atoms with Crippen molar-refractivity contribution in [2.24, 2.45) is 10.2 Å². The molecule has 0 spiro atoms. The Morgan fingerprint density at radius 3 is 2.80 bits per heavy atom. The maximum Gasteiger partial charge on any atom is 0.348 e. The number of esters is 1. The van der Waals surface area contributed by atoms with Crippen LogP contribution in [-0.4, -0.2) is 36.6 Å². The van der Waals surface area contributed by atoms with Crippen LogP contribution in [0.2, 0.25) is 0 Å². The smallest absolute Gasteiger partial charge is 0.348 e. The van der Waals surface area contributed by atoms with Crippen molar-refractivity contribution in [2.45, 2.75) is 6.92 Å². The number of ether oxygens (including phenoxy) is 1. The highest BCUT2D eigenvalue weighted by Crippen LogP contribution is 2.40. The predicted octanol–water partition coefficient (Wildman–Crippen LogP) is 4.35. The first-order valence-corrected chi connectivity index (χ1v) is 8.50. The van der Waals surface area contributed by atoms with E-state index in [2.05, 4.69) is 20.2 Å². The van der Waals surface area contributed by atoms with Crippen LogP contribution in [0.5, 0.6) is 0 Å². The second-order valence-electron chi connectivity index (χ2n) is 5.34. The van der Waals surface area contributed by atoms with Crippen LogP contribution >= 0.6 is 11.3 Å². The van der Waals surface area contributed by atoms with Crippen molar-refractivity contribution in [1.29, 1.82) is 0 Å². The fourth-order valence-electron chi connectivity index (χ4n) is 2.31. The molecular formula is C17H17N5O2S. The Bertz CT molecular complexity index is 921. The second-order valence-corrected chi connectivity index (χ2v) is 6.39. The molecule has 8 heteroatoms. The molecule has 0 aliphatic rings. The van der Waals surface area contributed by atoms with Gasteiger partial charge in [-0.2, -0.15) is 0 Å². The normalized spacial score (nSPS) is 11.2. The van der Waals surface area contributed by atoms with Gasteiger partial charge in [-0.05, 0) is 25.1 Å². The molecule has 0 radical (unpaired) electrons. The number of anilines is 1. The van der Waals surface area contributed by atoms with Crippen molar-refractivity contribution in [3.8, 4) is 0 Å². The summed E-state index contributed by atoms with van der Waals surface area (Å²) in [6.45, 7) is 2.13. The van der Waals surface area contributed by atoms with Gasteiger partial charge in [0.1, 0.15) is 16.9 Å². The van der Waals surface area contributed by atoms with Crippen LogP contribution in [0.25, 0.3) is 10.1 Å². The second kappa shape index (κ2) is 7.35. The van der Waals surface area contributed by atoms with Gasteiger partial charge >= 0.3 is 5.97 Å². The van der Waals surface area contributed by atoms with E-state index in [1.807, 2.05) is 37.2 Å². The summed E-state index contributed by atoms with van der Waals surface area (Å²) in [5, 5.41) is 9.38. The Morgan fingerprint density at radius 2 is 2.12 bits per heavy atom. The molecule has 3 aromatic rings. The van der Waals surface area contributed by atoms with E-state index < -0.39 is 0 Å². The highest BCUT2D eigenvalue weighted by atomic mass is 32.1. The molecule has 0 N–H and O–H groups in total. The van der Waals surface area contributed by atoms with Gasteiger partial charge in [-0.25, -0.2) is 14.8 Å². The van der Waals surface area contributed by atoms with Gasteiger partial charge in [-0.15, -0.1) is 21.6 Å². The zero-order chi connectivity index (χ0) is 17.8. The third kappa shape index (κ3) is 3.63. The fourth-order valence-corrected chi connectivity index (χ4v) is 3.34. The van der Waals surface area contributed by atoms with Crippen molar-refractivity contribution in [2.75, 3.05) is 25.6 Å². The number of thiophene rings is 1. The number of carbonyl (C=O) groups excluding carboxylic acids is 1. The monoisotopic (exact) mass is 355 g/mol. The minimum atomic E-state index is -0.327. The van der Waals surface area contributed by atoms with Crippen molar-refractivity contribution < 1.29 is 9.53 Å². The lowest BCUT2D eigenvalue weighted by molar-refractivity contribution is 0.0532. The lowest BCUT2D eigenvalue weighted by Crippen LogP contribution is -2.08. The minimum Gasteiger partial charge on any atom is -0.462 e. The first kappa shape index (κ1) is 17.0. The Hall–Kier alpha value is -2.87. The summed E-state index contributed by atoms with van der Waals surface area (Å²) in [5.41, 5.74) is 1.68. The van der Waals surface area contributed by atoms with Gasteiger partial charge in [0.2, 0.25) is 0 Å². The van der Waals surface area contributed by atoms with Crippen LogP contribution in [0.3, 0.4) is 0 Å². The largest absolute Gasteiger partial charge is 0.462 e. The van der Waals surface area contributed by atoms with Crippen molar-refractivity contribution in [3.05, 3.63) is 41.7 Å². The number of hydrogen-bond donors (Lipinski definition) is 0. The predicted molar refractivity (Wildman–Crippen MR) is 98.3 cm³/mol. The quantitative estimate of drug-likeness (QED) is 0.502. The summed E-state index contributed by atoms with van der Waals surface area (Å²) in [4.78, 5) is 22.5. The molecule has 3 rings (SSSR count). The first-order valence-electron chi connectivity index (χ1n) is 7.69. The van der Waals surface area contributed by atoms with Crippen LogP contribution in [0.15, 0.2) is 47.0 Å². The van der Waals surface area contributed by atoms with Crippen molar-refractivity contribution in [3.63, 3.8) is 0 Å². The molecule has 2 heterocycles. The Balaban J connectivity index is 2.08. The van der Waals surface area contributed by atoms with Crippen LogP contribution in [0, 0.1) is 0 Å². The zero-order valence-electron chi connectivity index (χ0n) is 14.1. The molecule has 0 saturated carbocycles. The van der Waals surface area contributed by atoms with Crippen LogP contribution in [0.4, 0.5) is 17.2 Å². The molecule has 0 unspecified atom stereocenters. The van der Waals surface area contributed by atoms with Gasteiger partial charge < -0.3 is 9.64 Å². The number of benzene rings is 1. The van der Waals surface area contributed by atoms with Gasteiger partial charge in [0, 0.05) is 37.4 Å². The maximum atomic E-state index is 12.1. The van der Waals surface area contributed by atoms with E-state index in [1.165, 1.54) is 17.7 Å². The van der Waals surface area contributed by atoms with E-state index in [4.69, 9.17) is 4.74 Å². The molecule has 128 valence electrons. The number of carbonyl (C=O) groups is 1. The number of aromatic nitrogens is 2. The maximum absolute atomic E-state index is 12.1. The minimum absolute atomic E-state index is 0.327. The van der Waals surface area contributed by atoms with Crippen molar-refractivity contribution in [1.82, 2.24) is 9.97 Å². The van der Waals surface area contributed by atoms with E-state index >= 15 is 0 Å². The molecular weight excluding hydrogens is 338 g/mol. The highest BCUT2D eigenvalue weighted by molar-refractivity contribution is 7.21. The topological polar surface area (TPSA) is 80.0 Å². The highest BCUT2D eigenvalue weighted by Gasteiger charge is 2.16. The van der Waals surface area contributed by atoms with Crippen LogP contribution in [0.1, 0.15) is 16.6 Å². The van der Waals surface area contributed by atoms with E-state index in [0.717, 1.165) is 15.8 Å². The summed E-state index contributed by atoms with van der Waals surface area (Å²) in [6.07, 6.45) is 3.03. The van der Waals surface area contributed by atoms with E-state index in [9.17, 15) is 4.79 Å². The number of hydrogen-bond acceptors (Lipinski definition) is 8. The van der Waals surface area contributed by atoms with Gasteiger partial charge in [0.05, 0.1) is 11.3 Å². The van der Waals surface area contributed by atoms with E-state index in [1.54, 1.807) is 19.2 Å². The summed E-state index contributed by atoms with van der Waals surface area (Å²) in [6, 6.07) is 7.36. The van der Waals surface area contributed by atoms with Crippen LogP contribution in [-0.2, 0) is 4.74 Å². The first-order chi connectivity index (χ1) is 12.1. The molecule has 2 aromatic heterocycles. The number of fused-ring (bicyclic) bond motifs is 1. The average molecular weight is 355 g/mol. The molecule has 7 nitrogen and oxygen atoms in total. The summed E-state index contributed by atoms with van der Waals surface area (Å²) < 4.78 is 6.00. The lowest BCUT2D eigenvalue weighted by atomic mass is 10.2. The molecule has 0 saturated heterocycles. The Labute approximate surface area is 149 Å². The molecule has 0 atom stereocenters. The number of azo groups is 1. The van der Waals surface area contributed by atoms with Crippen LogP contribution < -0.4 is 4.90 Å². The lowest BCUT2D eigenvalue weighted by Gasteiger charge is -2.14. The van der Waals surface area contributed by atoms with E-state index in [-0.39, 0.29) is 5.97 Å². The number of nitrogens with zero attached hydrogens (tertiary/aromatic N) is 5.